The van der Waals surface area contributed by atoms with Crippen molar-refractivity contribution in [2.45, 2.75) is 38.0 Å². The van der Waals surface area contributed by atoms with Crippen molar-refractivity contribution in [1.82, 2.24) is 5.32 Å². The van der Waals surface area contributed by atoms with E-state index in [2.05, 4.69) is 21.2 Å². The molecule has 0 saturated heterocycles. The highest BCUT2D eigenvalue weighted by Crippen LogP contribution is 2.33. The van der Waals surface area contributed by atoms with Gasteiger partial charge in [0, 0.05) is 10.9 Å². The van der Waals surface area contributed by atoms with E-state index in [-0.39, 0.29) is 11.4 Å². The summed E-state index contributed by atoms with van der Waals surface area (Å²) in [6, 6.07) is 5.85. The van der Waals surface area contributed by atoms with Gasteiger partial charge in [-0.25, -0.2) is 0 Å². The Kier molecular flexibility index (Phi) is 3.16. The van der Waals surface area contributed by atoms with Crippen LogP contribution in [0, 0.1) is 0 Å². The van der Waals surface area contributed by atoms with Gasteiger partial charge in [0.2, 0.25) is 0 Å². The molecule has 1 heterocycles. The number of carbonyl (C=O) groups is 1. The lowest BCUT2D eigenvalue weighted by molar-refractivity contribution is 0.0856. The van der Waals surface area contributed by atoms with Crippen LogP contribution in [0.25, 0.3) is 0 Å². The molecular weight excluding hydrogens is 294 g/mol. The summed E-state index contributed by atoms with van der Waals surface area (Å²) in [7, 11) is 0. The Labute approximate surface area is 115 Å². The maximum absolute atomic E-state index is 12.2. The minimum absolute atomic E-state index is 0.0212. The first-order valence-electron chi connectivity index (χ1n) is 6.30. The average Bonchev–Trinajstić information content (AvgIpc) is 2.80. The zero-order chi connectivity index (χ0) is 12.6. The van der Waals surface area contributed by atoms with E-state index in [1.54, 1.807) is 0 Å². The molecule has 1 aliphatic heterocycles. The third-order valence-corrected chi connectivity index (χ3v) is 5.00. The monoisotopic (exact) mass is 309 g/mol. The Bertz CT molecular complexity index is 477. The van der Waals surface area contributed by atoms with E-state index >= 15 is 0 Å². The summed E-state index contributed by atoms with van der Waals surface area (Å²) in [5.41, 5.74) is 3.06. The van der Waals surface area contributed by atoms with Crippen molar-refractivity contribution in [2.24, 2.45) is 0 Å². The van der Waals surface area contributed by atoms with Gasteiger partial charge >= 0.3 is 0 Å². The molecule has 0 unspecified atom stereocenters. The summed E-state index contributed by atoms with van der Waals surface area (Å²) in [5.74, 6) is 0.0313. The summed E-state index contributed by atoms with van der Waals surface area (Å²) in [6.07, 6.45) is 3.33. The minimum Gasteiger partial charge on any atom is -0.372 e. The molecule has 1 aromatic rings. The number of amides is 1. The number of alkyl halides is 1. The normalized spacial score (nSPS) is 20.1. The Morgan fingerprint density at radius 3 is 2.78 bits per heavy atom. The minimum atomic E-state index is -0.0212. The van der Waals surface area contributed by atoms with Crippen molar-refractivity contribution < 1.29 is 9.53 Å². The molecule has 0 atom stereocenters. The number of rotatable bonds is 3. The van der Waals surface area contributed by atoms with Crippen LogP contribution in [0.1, 0.15) is 40.7 Å². The fourth-order valence-corrected chi connectivity index (χ4v) is 3.22. The first-order valence-corrected chi connectivity index (χ1v) is 7.43. The van der Waals surface area contributed by atoms with Crippen LogP contribution in [0.2, 0.25) is 0 Å². The Morgan fingerprint density at radius 2 is 2.11 bits per heavy atom. The summed E-state index contributed by atoms with van der Waals surface area (Å²) >= 11 is 3.50. The topological polar surface area (TPSA) is 38.3 Å². The van der Waals surface area contributed by atoms with Crippen LogP contribution in [-0.4, -0.2) is 16.8 Å². The molecule has 0 radical (unpaired) electrons. The molecule has 4 heteroatoms. The molecule has 1 N–H and O–H groups in total. The van der Waals surface area contributed by atoms with Crippen molar-refractivity contribution in [2.75, 3.05) is 5.33 Å². The second-order valence-electron chi connectivity index (χ2n) is 5.20. The molecule has 1 aliphatic carbocycles. The van der Waals surface area contributed by atoms with Gasteiger partial charge in [-0.2, -0.15) is 0 Å². The van der Waals surface area contributed by atoms with Gasteiger partial charge in [0.25, 0.3) is 5.91 Å². The van der Waals surface area contributed by atoms with Gasteiger partial charge in [-0.05, 0) is 42.5 Å². The van der Waals surface area contributed by atoms with Crippen LogP contribution in [0.4, 0.5) is 0 Å². The smallest absolute Gasteiger partial charge is 0.251 e. The van der Waals surface area contributed by atoms with Crippen LogP contribution in [0.15, 0.2) is 18.2 Å². The molecule has 96 valence electrons. The zero-order valence-electron chi connectivity index (χ0n) is 10.2. The lowest BCUT2D eigenvalue weighted by atomic mass is 9.78. The number of carbonyl (C=O) groups excluding carboxylic acids is 1. The van der Waals surface area contributed by atoms with Gasteiger partial charge < -0.3 is 10.1 Å². The molecule has 2 aliphatic rings. The van der Waals surface area contributed by atoms with E-state index < -0.39 is 0 Å². The molecule has 18 heavy (non-hydrogen) atoms. The first-order chi connectivity index (χ1) is 8.72. The van der Waals surface area contributed by atoms with Gasteiger partial charge in [-0.15, -0.1) is 0 Å². The average molecular weight is 310 g/mol. The third kappa shape index (κ3) is 2.08. The Hall–Kier alpha value is -0.870. The molecular formula is C14H16BrNO2. The number of hydrogen-bond donors (Lipinski definition) is 1. The molecule has 0 spiro atoms. The molecule has 1 fully saturated rings. The van der Waals surface area contributed by atoms with Crippen LogP contribution in [-0.2, 0) is 18.0 Å². The molecule has 1 aromatic carbocycles. The fourth-order valence-electron chi connectivity index (χ4n) is 2.52. The second kappa shape index (κ2) is 4.67. The highest BCUT2D eigenvalue weighted by atomic mass is 79.9. The van der Waals surface area contributed by atoms with Gasteiger partial charge in [0.05, 0.1) is 18.8 Å². The summed E-state index contributed by atoms with van der Waals surface area (Å²) in [5, 5.41) is 3.99. The summed E-state index contributed by atoms with van der Waals surface area (Å²) in [6.45, 7) is 1.29. The molecule has 0 bridgehead atoms. The quantitative estimate of drug-likeness (QED) is 0.872. The van der Waals surface area contributed by atoms with E-state index in [0.717, 1.165) is 29.3 Å². The Morgan fingerprint density at radius 1 is 1.33 bits per heavy atom. The van der Waals surface area contributed by atoms with E-state index in [1.807, 2.05) is 18.2 Å². The van der Waals surface area contributed by atoms with Crippen molar-refractivity contribution in [1.29, 1.82) is 0 Å². The molecule has 3 rings (SSSR count). The van der Waals surface area contributed by atoms with E-state index in [1.165, 1.54) is 12.0 Å². The summed E-state index contributed by atoms with van der Waals surface area (Å²) in [4.78, 5) is 12.2. The number of halogens is 1. The number of benzene rings is 1. The molecule has 3 nitrogen and oxygen atoms in total. The lowest BCUT2D eigenvalue weighted by Crippen LogP contribution is -2.54. The largest absolute Gasteiger partial charge is 0.372 e. The van der Waals surface area contributed by atoms with Crippen LogP contribution < -0.4 is 5.32 Å². The van der Waals surface area contributed by atoms with Gasteiger partial charge in [-0.1, -0.05) is 22.0 Å². The number of nitrogens with one attached hydrogen (secondary N) is 1. The molecule has 0 aromatic heterocycles. The van der Waals surface area contributed by atoms with E-state index in [4.69, 9.17) is 4.74 Å². The fraction of sp³-hybridized carbons (Fsp3) is 0.500. The molecule has 1 amide bonds. The lowest BCUT2D eigenvalue weighted by Gasteiger charge is -2.41. The van der Waals surface area contributed by atoms with Crippen molar-refractivity contribution in [3.8, 4) is 0 Å². The molecule has 1 saturated carbocycles. The maximum Gasteiger partial charge on any atom is 0.251 e. The van der Waals surface area contributed by atoms with Crippen molar-refractivity contribution in [3.63, 3.8) is 0 Å². The third-order valence-electron chi connectivity index (χ3n) is 3.93. The zero-order valence-corrected chi connectivity index (χ0v) is 11.8. The maximum atomic E-state index is 12.2. The predicted octanol–water partition coefficient (Wildman–Crippen LogP) is 2.76. The van der Waals surface area contributed by atoms with E-state index in [0.29, 0.717) is 13.2 Å². The first kappa shape index (κ1) is 12.2. The van der Waals surface area contributed by atoms with E-state index in [9.17, 15) is 4.79 Å². The highest BCUT2D eigenvalue weighted by Gasteiger charge is 2.37. The van der Waals surface area contributed by atoms with Gasteiger partial charge in [0.15, 0.2) is 0 Å². The number of ether oxygens (including phenoxy) is 1. The number of fused-ring (bicyclic) bond motifs is 1. The Balaban J connectivity index is 1.76. The van der Waals surface area contributed by atoms with Gasteiger partial charge in [-0.3, -0.25) is 4.79 Å². The van der Waals surface area contributed by atoms with Crippen molar-refractivity contribution >= 4 is 21.8 Å². The highest BCUT2D eigenvalue weighted by molar-refractivity contribution is 9.09. The predicted molar refractivity (Wildman–Crippen MR) is 72.8 cm³/mol. The SMILES string of the molecule is O=C(NC1(CBr)CCC1)c1ccc2c(c1)COC2. The summed E-state index contributed by atoms with van der Waals surface area (Å²) < 4.78 is 5.36. The number of hydrogen-bond acceptors (Lipinski definition) is 2. The standard InChI is InChI=1S/C14H16BrNO2/c15-9-14(4-1-5-14)16-13(17)10-2-3-11-7-18-8-12(11)6-10/h2-3,6H,1,4-5,7-9H2,(H,16,17). The van der Waals surface area contributed by atoms with Crippen LogP contribution in [0.5, 0.6) is 0 Å². The van der Waals surface area contributed by atoms with Crippen LogP contribution in [0.3, 0.4) is 0 Å². The van der Waals surface area contributed by atoms with Crippen LogP contribution >= 0.6 is 15.9 Å². The van der Waals surface area contributed by atoms with Crippen molar-refractivity contribution in [3.05, 3.63) is 34.9 Å². The van der Waals surface area contributed by atoms with Gasteiger partial charge in [0.1, 0.15) is 0 Å². The second-order valence-corrected chi connectivity index (χ2v) is 5.76.